The highest BCUT2D eigenvalue weighted by molar-refractivity contribution is 7.20. The van der Waals surface area contributed by atoms with Gasteiger partial charge >= 0.3 is 0 Å². The molecule has 0 aliphatic heterocycles. The number of nitrogen functional groups attached to an aromatic ring is 1. The Hall–Kier alpha value is -3.96. The van der Waals surface area contributed by atoms with Gasteiger partial charge in [-0.05, 0) is 70.6 Å². The van der Waals surface area contributed by atoms with E-state index in [2.05, 4.69) is 29.2 Å². The van der Waals surface area contributed by atoms with E-state index in [1.165, 1.54) is 11.3 Å². The predicted octanol–water partition coefficient (Wildman–Crippen LogP) is 6.39. The highest BCUT2D eigenvalue weighted by atomic mass is 32.1. The van der Waals surface area contributed by atoms with Gasteiger partial charge in [0.1, 0.15) is 0 Å². The third kappa shape index (κ3) is 4.11. The molecule has 0 saturated carbocycles. The smallest absolute Gasteiger partial charge is 0.268 e. The van der Waals surface area contributed by atoms with Crippen molar-refractivity contribution < 1.29 is 4.79 Å². The zero-order valence-corrected chi connectivity index (χ0v) is 18.1. The van der Waals surface area contributed by atoms with Crippen molar-refractivity contribution in [3.8, 4) is 11.1 Å². The average Bonchev–Trinajstić information content (AvgIpc) is 3.28. The number of benzene rings is 3. The van der Waals surface area contributed by atoms with Gasteiger partial charge in [-0.2, -0.15) is 0 Å². The van der Waals surface area contributed by atoms with Crippen molar-refractivity contribution in [2.75, 3.05) is 10.6 Å². The second-order valence-corrected chi connectivity index (χ2v) is 8.65. The molecule has 32 heavy (non-hydrogen) atoms. The average molecular weight is 436 g/mol. The molecule has 0 saturated heterocycles. The molecule has 0 radical (unpaired) electrons. The SMILES string of the molecule is Nc1ccc(N(Cc2ccc(-c3ccncc3)cc2)C(=O)c2cc3ccccc3s2)cc1. The first-order valence-electron chi connectivity index (χ1n) is 10.3. The second kappa shape index (κ2) is 8.65. The minimum atomic E-state index is -0.0193. The highest BCUT2D eigenvalue weighted by Crippen LogP contribution is 2.29. The summed E-state index contributed by atoms with van der Waals surface area (Å²) in [6.07, 6.45) is 3.57. The van der Waals surface area contributed by atoms with Crippen LogP contribution in [-0.4, -0.2) is 10.9 Å². The van der Waals surface area contributed by atoms with Gasteiger partial charge in [0, 0.05) is 28.5 Å². The molecular weight excluding hydrogens is 414 g/mol. The normalized spacial score (nSPS) is 10.9. The van der Waals surface area contributed by atoms with Gasteiger partial charge in [0.25, 0.3) is 5.91 Å². The topological polar surface area (TPSA) is 59.2 Å². The number of pyridine rings is 1. The summed E-state index contributed by atoms with van der Waals surface area (Å²) in [4.78, 5) is 20.2. The van der Waals surface area contributed by atoms with Gasteiger partial charge in [0.2, 0.25) is 0 Å². The first-order chi connectivity index (χ1) is 15.7. The molecule has 5 rings (SSSR count). The minimum absolute atomic E-state index is 0.0193. The summed E-state index contributed by atoms with van der Waals surface area (Å²) in [7, 11) is 0. The standard InChI is InChI=1S/C27H21N3OS/c28-23-9-11-24(12-10-23)30(27(31)26-17-22-3-1-2-4-25(22)32-26)18-19-5-7-20(8-6-19)21-13-15-29-16-14-21/h1-17H,18,28H2. The molecule has 4 nitrogen and oxygen atoms in total. The van der Waals surface area contributed by atoms with E-state index in [9.17, 15) is 4.79 Å². The van der Waals surface area contributed by atoms with E-state index < -0.39 is 0 Å². The van der Waals surface area contributed by atoms with E-state index >= 15 is 0 Å². The van der Waals surface area contributed by atoms with Crippen LogP contribution in [-0.2, 0) is 6.54 Å². The molecule has 0 unspecified atom stereocenters. The Morgan fingerprint density at radius 2 is 1.53 bits per heavy atom. The van der Waals surface area contributed by atoms with Crippen molar-refractivity contribution in [3.63, 3.8) is 0 Å². The van der Waals surface area contributed by atoms with Crippen LogP contribution in [0, 0.1) is 0 Å². The molecule has 2 N–H and O–H groups in total. The Morgan fingerprint density at radius 1 is 0.844 bits per heavy atom. The number of carbonyl (C=O) groups excluding carboxylic acids is 1. The number of nitrogens with two attached hydrogens (primary N) is 1. The van der Waals surface area contributed by atoms with Gasteiger partial charge in [-0.1, -0.05) is 42.5 Å². The Morgan fingerprint density at radius 3 is 2.25 bits per heavy atom. The maximum absolute atomic E-state index is 13.6. The van der Waals surface area contributed by atoms with Gasteiger partial charge < -0.3 is 10.6 Å². The van der Waals surface area contributed by atoms with Crippen molar-refractivity contribution in [1.29, 1.82) is 0 Å². The lowest BCUT2D eigenvalue weighted by Crippen LogP contribution is -2.29. The summed E-state index contributed by atoms with van der Waals surface area (Å²) in [5.41, 5.74) is 10.7. The summed E-state index contributed by atoms with van der Waals surface area (Å²) >= 11 is 1.52. The molecule has 0 fully saturated rings. The van der Waals surface area contributed by atoms with Crippen LogP contribution in [0.4, 0.5) is 11.4 Å². The summed E-state index contributed by atoms with van der Waals surface area (Å²) < 4.78 is 1.11. The van der Waals surface area contributed by atoms with Crippen LogP contribution in [0.2, 0.25) is 0 Å². The maximum Gasteiger partial charge on any atom is 0.268 e. The number of amides is 1. The van der Waals surface area contributed by atoms with Crippen molar-refractivity contribution in [2.45, 2.75) is 6.54 Å². The summed E-state index contributed by atoms with van der Waals surface area (Å²) in [6.45, 7) is 0.466. The summed E-state index contributed by atoms with van der Waals surface area (Å²) in [5.74, 6) is -0.0193. The zero-order chi connectivity index (χ0) is 21.9. The Balaban J connectivity index is 1.47. The number of thiophene rings is 1. The van der Waals surface area contributed by atoms with Crippen molar-refractivity contribution in [1.82, 2.24) is 4.98 Å². The van der Waals surface area contributed by atoms with Crippen LogP contribution in [0.25, 0.3) is 21.2 Å². The Bertz CT molecular complexity index is 1330. The summed E-state index contributed by atoms with van der Waals surface area (Å²) in [6, 6.07) is 29.7. The molecule has 0 bridgehead atoms. The van der Waals surface area contributed by atoms with Crippen LogP contribution in [0.15, 0.2) is 103 Å². The molecule has 156 valence electrons. The molecule has 3 aromatic carbocycles. The number of anilines is 2. The van der Waals surface area contributed by atoms with Crippen LogP contribution in [0.1, 0.15) is 15.2 Å². The number of rotatable bonds is 5. The molecule has 0 atom stereocenters. The first kappa shape index (κ1) is 20.0. The molecule has 2 aromatic heterocycles. The fourth-order valence-electron chi connectivity index (χ4n) is 3.68. The third-order valence-corrected chi connectivity index (χ3v) is 6.50. The number of hydrogen-bond donors (Lipinski definition) is 1. The molecule has 2 heterocycles. The van der Waals surface area contributed by atoms with Crippen molar-refractivity contribution >= 4 is 38.7 Å². The van der Waals surface area contributed by atoms with Crippen molar-refractivity contribution in [2.24, 2.45) is 0 Å². The lowest BCUT2D eigenvalue weighted by atomic mass is 10.0. The van der Waals surface area contributed by atoms with Gasteiger partial charge in [-0.15, -0.1) is 11.3 Å². The van der Waals surface area contributed by atoms with E-state index in [1.807, 2.05) is 71.6 Å². The number of aromatic nitrogens is 1. The van der Waals surface area contributed by atoms with E-state index in [4.69, 9.17) is 5.73 Å². The predicted molar refractivity (Wildman–Crippen MR) is 133 cm³/mol. The van der Waals surface area contributed by atoms with Crippen molar-refractivity contribution in [3.05, 3.63) is 114 Å². The van der Waals surface area contributed by atoms with Gasteiger partial charge in [-0.3, -0.25) is 9.78 Å². The molecule has 0 aliphatic carbocycles. The molecule has 5 aromatic rings. The third-order valence-electron chi connectivity index (χ3n) is 5.39. The number of nitrogens with zero attached hydrogens (tertiary/aromatic N) is 2. The first-order valence-corrected chi connectivity index (χ1v) is 11.1. The molecule has 0 aliphatic rings. The quantitative estimate of drug-likeness (QED) is 0.325. The Kier molecular flexibility index (Phi) is 5.40. The van der Waals surface area contributed by atoms with Gasteiger partial charge in [0.05, 0.1) is 11.4 Å². The zero-order valence-electron chi connectivity index (χ0n) is 17.3. The lowest BCUT2D eigenvalue weighted by Gasteiger charge is -2.23. The fourth-order valence-corrected chi connectivity index (χ4v) is 4.70. The maximum atomic E-state index is 13.6. The Labute approximate surface area is 190 Å². The number of carbonyl (C=O) groups is 1. The van der Waals surface area contributed by atoms with Crippen LogP contribution >= 0.6 is 11.3 Å². The molecular formula is C27H21N3OS. The van der Waals surface area contributed by atoms with Crippen LogP contribution in [0.3, 0.4) is 0 Å². The largest absolute Gasteiger partial charge is 0.399 e. The summed E-state index contributed by atoms with van der Waals surface area (Å²) in [5, 5.41) is 1.08. The van der Waals surface area contributed by atoms with Gasteiger partial charge in [-0.25, -0.2) is 0 Å². The van der Waals surface area contributed by atoms with Gasteiger partial charge in [0.15, 0.2) is 0 Å². The molecule has 5 heteroatoms. The van der Waals surface area contributed by atoms with E-state index in [0.29, 0.717) is 12.2 Å². The molecule has 0 spiro atoms. The highest BCUT2D eigenvalue weighted by Gasteiger charge is 2.20. The van der Waals surface area contributed by atoms with E-state index in [0.717, 1.165) is 37.3 Å². The lowest BCUT2D eigenvalue weighted by molar-refractivity contribution is 0.0989. The fraction of sp³-hybridized carbons (Fsp3) is 0.0370. The van der Waals surface area contributed by atoms with E-state index in [-0.39, 0.29) is 5.91 Å². The molecule has 1 amide bonds. The van der Waals surface area contributed by atoms with E-state index in [1.54, 1.807) is 12.4 Å². The second-order valence-electron chi connectivity index (χ2n) is 7.56. The minimum Gasteiger partial charge on any atom is -0.399 e. The van der Waals surface area contributed by atoms with Crippen LogP contribution in [0.5, 0.6) is 0 Å². The van der Waals surface area contributed by atoms with Crippen LogP contribution < -0.4 is 10.6 Å². The number of hydrogen-bond acceptors (Lipinski definition) is 4. The number of fused-ring (bicyclic) bond motifs is 1. The monoisotopic (exact) mass is 435 g/mol.